The van der Waals surface area contributed by atoms with E-state index in [1.165, 1.54) is 24.2 Å². The van der Waals surface area contributed by atoms with Crippen LogP contribution in [-0.2, 0) is 4.79 Å². The maximum atomic E-state index is 11.4. The van der Waals surface area contributed by atoms with Crippen molar-refractivity contribution in [1.82, 2.24) is 20.2 Å². The highest BCUT2D eigenvalue weighted by atomic mass is 32.1. The number of carbonyl (C=O) groups excluding carboxylic acids is 1. The summed E-state index contributed by atoms with van der Waals surface area (Å²) in [6, 6.07) is 13.0. The fraction of sp³-hybridized carbons (Fsp3) is 0.435. The average molecular weight is 439 g/mol. The van der Waals surface area contributed by atoms with Gasteiger partial charge in [0, 0.05) is 37.8 Å². The van der Waals surface area contributed by atoms with Crippen molar-refractivity contribution >= 4 is 27.6 Å². The number of hydrogen-bond acceptors (Lipinski definition) is 7. The third-order valence-electron chi connectivity index (χ3n) is 6.08. The van der Waals surface area contributed by atoms with E-state index in [0.717, 1.165) is 35.6 Å². The lowest BCUT2D eigenvalue weighted by Crippen LogP contribution is -2.51. The molecule has 0 aliphatic carbocycles. The molecule has 3 aromatic rings. The van der Waals surface area contributed by atoms with Gasteiger partial charge in [-0.2, -0.15) is 4.98 Å². The first-order chi connectivity index (χ1) is 15.1. The summed E-state index contributed by atoms with van der Waals surface area (Å²) in [5.74, 6) is 1.64. The Hall–Kier alpha value is -2.71. The normalized spacial score (nSPS) is 23.1. The Morgan fingerprint density at radius 2 is 1.90 bits per heavy atom. The zero-order valence-corrected chi connectivity index (χ0v) is 18.3. The van der Waals surface area contributed by atoms with Crippen LogP contribution < -0.4 is 14.8 Å². The van der Waals surface area contributed by atoms with E-state index < -0.39 is 0 Å². The van der Waals surface area contributed by atoms with Crippen LogP contribution in [0.2, 0.25) is 0 Å². The maximum absolute atomic E-state index is 11.4. The van der Waals surface area contributed by atoms with Gasteiger partial charge in [0.25, 0.3) is 5.19 Å². The van der Waals surface area contributed by atoms with Crippen molar-refractivity contribution in [1.29, 1.82) is 0 Å². The second-order valence-electron chi connectivity index (χ2n) is 8.22. The Morgan fingerprint density at radius 1 is 1.16 bits per heavy atom. The number of aromatic nitrogens is 2. The summed E-state index contributed by atoms with van der Waals surface area (Å²) >= 11 is 1.48. The van der Waals surface area contributed by atoms with Crippen LogP contribution in [0.1, 0.15) is 32.6 Å². The predicted octanol–water partition coefficient (Wildman–Crippen LogP) is 3.99. The number of rotatable bonds is 7. The first-order valence-electron chi connectivity index (χ1n) is 10.8. The summed E-state index contributed by atoms with van der Waals surface area (Å²) in [4.78, 5) is 22.6. The van der Waals surface area contributed by atoms with Gasteiger partial charge in [0.1, 0.15) is 18.1 Å². The third-order valence-corrected chi connectivity index (χ3v) is 6.97. The molecule has 162 valence electrons. The lowest BCUT2D eigenvalue weighted by atomic mass is 9.97. The number of piperidine rings is 1. The van der Waals surface area contributed by atoms with Crippen LogP contribution >= 0.6 is 11.3 Å². The van der Waals surface area contributed by atoms with Crippen LogP contribution in [-0.4, -0.2) is 52.1 Å². The molecule has 2 atom stereocenters. The van der Waals surface area contributed by atoms with Crippen LogP contribution in [0.4, 0.5) is 0 Å². The predicted molar refractivity (Wildman–Crippen MR) is 120 cm³/mol. The molecular formula is C23H26N4O3S. The van der Waals surface area contributed by atoms with Gasteiger partial charge in [-0.1, -0.05) is 11.3 Å². The largest absolute Gasteiger partial charge is 0.492 e. The van der Waals surface area contributed by atoms with E-state index in [-0.39, 0.29) is 5.91 Å². The second kappa shape index (κ2) is 8.80. The van der Waals surface area contributed by atoms with E-state index in [9.17, 15) is 4.79 Å². The second-order valence-corrected chi connectivity index (χ2v) is 9.21. The highest BCUT2D eigenvalue weighted by Gasteiger charge is 2.40. The fourth-order valence-electron chi connectivity index (χ4n) is 4.81. The van der Waals surface area contributed by atoms with Crippen molar-refractivity contribution < 1.29 is 14.3 Å². The molecule has 2 aliphatic heterocycles. The van der Waals surface area contributed by atoms with E-state index in [4.69, 9.17) is 9.47 Å². The number of pyridine rings is 1. The number of carbonyl (C=O) groups is 1. The minimum absolute atomic E-state index is 0.0772. The molecule has 1 N–H and O–H groups in total. The number of nitrogens with one attached hydrogen (secondary N) is 1. The standard InChI is InChI=1S/C23H26N4O3S/c1-15(28)25-16-13-17-4-5-18(14-16)27(17)11-12-29-19-6-8-20(9-7-19)30-23-26-22-21(31-23)3-2-10-24-22/h2-3,6-10,16-18H,4-5,11-14H2,1H3,(H,25,28). The molecule has 2 unspecified atom stereocenters. The molecule has 8 heteroatoms. The van der Waals surface area contributed by atoms with Gasteiger partial charge in [-0.15, -0.1) is 0 Å². The van der Waals surface area contributed by atoms with Gasteiger partial charge in [-0.05, 0) is 62.1 Å². The molecule has 2 aliphatic rings. The van der Waals surface area contributed by atoms with Gasteiger partial charge in [0.05, 0.1) is 4.70 Å². The average Bonchev–Trinajstić information content (AvgIpc) is 3.26. The Kier molecular flexibility index (Phi) is 5.74. The monoisotopic (exact) mass is 438 g/mol. The quantitative estimate of drug-likeness (QED) is 0.601. The van der Waals surface area contributed by atoms with E-state index in [1.54, 1.807) is 13.1 Å². The highest BCUT2D eigenvalue weighted by Crippen LogP contribution is 2.35. The summed E-state index contributed by atoms with van der Waals surface area (Å²) in [5, 5.41) is 3.68. The van der Waals surface area contributed by atoms with Crippen molar-refractivity contribution in [2.75, 3.05) is 13.2 Å². The number of fused-ring (bicyclic) bond motifs is 3. The smallest absolute Gasteiger partial charge is 0.281 e. The first-order valence-corrected chi connectivity index (χ1v) is 11.6. The Labute approximate surface area is 185 Å². The Balaban J connectivity index is 1.11. The number of nitrogens with zero attached hydrogens (tertiary/aromatic N) is 3. The number of thiazole rings is 1. The molecule has 7 nitrogen and oxygen atoms in total. The van der Waals surface area contributed by atoms with Gasteiger partial charge in [-0.3, -0.25) is 9.69 Å². The molecule has 5 rings (SSSR count). The van der Waals surface area contributed by atoms with Crippen LogP contribution in [0.15, 0.2) is 42.6 Å². The third kappa shape index (κ3) is 4.65. The zero-order valence-electron chi connectivity index (χ0n) is 17.5. The molecule has 2 bridgehead atoms. The van der Waals surface area contributed by atoms with Gasteiger partial charge >= 0.3 is 0 Å². The van der Waals surface area contributed by atoms with Crippen LogP contribution in [0.25, 0.3) is 10.3 Å². The molecule has 31 heavy (non-hydrogen) atoms. The zero-order chi connectivity index (χ0) is 21.2. The minimum atomic E-state index is 0.0772. The molecular weight excluding hydrogens is 412 g/mol. The number of ether oxygens (including phenoxy) is 2. The van der Waals surface area contributed by atoms with E-state index in [2.05, 4.69) is 20.2 Å². The lowest BCUT2D eigenvalue weighted by Gasteiger charge is -2.39. The minimum Gasteiger partial charge on any atom is -0.492 e. The van der Waals surface area contributed by atoms with Gasteiger partial charge in [0.15, 0.2) is 5.65 Å². The van der Waals surface area contributed by atoms with E-state index in [0.29, 0.717) is 35.6 Å². The van der Waals surface area contributed by atoms with E-state index in [1.807, 2.05) is 36.4 Å². The lowest BCUT2D eigenvalue weighted by molar-refractivity contribution is -0.120. The van der Waals surface area contributed by atoms with E-state index >= 15 is 0 Å². The molecule has 2 fully saturated rings. The van der Waals surface area contributed by atoms with Crippen molar-refractivity contribution in [2.24, 2.45) is 0 Å². The summed E-state index contributed by atoms with van der Waals surface area (Å²) in [5.41, 5.74) is 0.706. The molecule has 0 radical (unpaired) electrons. The Bertz CT molecular complexity index is 1010. The number of hydrogen-bond donors (Lipinski definition) is 1. The molecule has 0 saturated carbocycles. The topological polar surface area (TPSA) is 76.6 Å². The van der Waals surface area contributed by atoms with Crippen molar-refractivity contribution in [3.63, 3.8) is 0 Å². The molecule has 4 heterocycles. The Morgan fingerprint density at radius 3 is 2.61 bits per heavy atom. The molecule has 1 amide bonds. The van der Waals surface area contributed by atoms with Gasteiger partial charge in [-0.25, -0.2) is 4.98 Å². The maximum Gasteiger partial charge on any atom is 0.281 e. The molecule has 0 spiro atoms. The summed E-state index contributed by atoms with van der Waals surface area (Å²) in [6.45, 7) is 3.18. The van der Waals surface area contributed by atoms with Gasteiger partial charge in [0.2, 0.25) is 5.91 Å². The SMILES string of the molecule is CC(=O)NC1CC2CCC(C1)N2CCOc1ccc(Oc2nc3ncccc3s2)cc1. The molecule has 1 aromatic carbocycles. The summed E-state index contributed by atoms with van der Waals surface area (Å²) < 4.78 is 12.9. The number of benzene rings is 1. The summed E-state index contributed by atoms with van der Waals surface area (Å²) in [7, 11) is 0. The van der Waals surface area contributed by atoms with Crippen LogP contribution in [0.5, 0.6) is 16.7 Å². The molecule has 2 saturated heterocycles. The van der Waals surface area contributed by atoms with Gasteiger partial charge < -0.3 is 14.8 Å². The van der Waals surface area contributed by atoms with Crippen molar-refractivity contribution in [3.8, 4) is 16.7 Å². The number of amides is 1. The van der Waals surface area contributed by atoms with Crippen molar-refractivity contribution in [2.45, 2.75) is 50.7 Å². The van der Waals surface area contributed by atoms with Crippen LogP contribution in [0, 0.1) is 0 Å². The van der Waals surface area contributed by atoms with Crippen LogP contribution in [0.3, 0.4) is 0 Å². The highest BCUT2D eigenvalue weighted by molar-refractivity contribution is 7.20. The fourth-order valence-corrected chi connectivity index (χ4v) is 5.61. The van der Waals surface area contributed by atoms with Crippen molar-refractivity contribution in [3.05, 3.63) is 42.6 Å². The molecule has 2 aromatic heterocycles. The summed E-state index contributed by atoms with van der Waals surface area (Å²) in [6.07, 6.45) is 6.25. The first kappa shape index (κ1) is 20.2.